The third kappa shape index (κ3) is 9.49. The van der Waals surface area contributed by atoms with Gasteiger partial charge in [-0.25, -0.2) is 9.78 Å². The number of imidazole rings is 1. The van der Waals surface area contributed by atoms with E-state index in [1.807, 2.05) is 0 Å². The van der Waals surface area contributed by atoms with Gasteiger partial charge >= 0.3 is 11.9 Å². The van der Waals surface area contributed by atoms with Crippen LogP contribution < -0.4 is 21.7 Å². The zero-order valence-electron chi connectivity index (χ0n) is 18.3. The van der Waals surface area contributed by atoms with Crippen molar-refractivity contribution in [3.63, 3.8) is 0 Å². The summed E-state index contributed by atoms with van der Waals surface area (Å²) in [6.07, 6.45) is 2.05. The topological polar surface area (TPSA) is 217 Å². The van der Waals surface area contributed by atoms with Crippen molar-refractivity contribution < 1.29 is 34.2 Å². The van der Waals surface area contributed by atoms with Crippen LogP contribution in [-0.2, 0) is 30.4 Å². The maximum Gasteiger partial charge on any atom is 0.326 e. The van der Waals surface area contributed by atoms with Crippen LogP contribution in [-0.4, -0.2) is 79.8 Å². The summed E-state index contributed by atoms with van der Waals surface area (Å²) in [5, 5.41) is 25.5. The lowest BCUT2D eigenvalue weighted by Crippen LogP contribution is -2.58. The van der Waals surface area contributed by atoms with Gasteiger partial charge in [0.25, 0.3) is 0 Å². The quantitative estimate of drug-likeness (QED) is 0.140. The van der Waals surface area contributed by atoms with Crippen molar-refractivity contribution in [3.8, 4) is 0 Å². The molecule has 1 aromatic rings. The molecule has 4 atom stereocenters. The van der Waals surface area contributed by atoms with Crippen molar-refractivity contribution in [1.82, 2.24) is 25.9 Å². The molecule has 0 aliphatic heterocycles. The van der Waals surface area contributed by atoms with E-state index < -0.39 is 66.2 Å². The van der Waals surface area contributed by atoms with Crippen molar-refractivity contribution in [2.24, 2.45) is 11.7 Å². The van der Waals surface area contributed by atoms with Crippen LogP contribution in [0.5, 0.6) is 0 Å². The molecule has 0 bridgehead atoms. The fourth-order valence-corrected chi connectivity index (χ4v) is 2.93. The van der Waals surface area contributed by atoms with Crippen LogP contribution in [0, 0.1) is 5.92 Å². The number of aliphatic carboxylic acids is 2. The second kappa shape index (κ2) is 13.4. The highest BCUT2D eigenvalue weighted by atomic mass is 32.1. The molecule has 0 saturated heterocycles. The second-order valence-corrected chi connectivity index (χ2v) is 8.06. The molecular weight excluding hydrogens is 456 g/mol. The second-order valence-electron chi connectivity index (χ2n) is 7.69. The standard InChI is InChI=1S/C19H30N6O7S/c1-9(2)15(19(31)32)25-17(29)12(3-4-14(26)27)23-18(30)13(5-10-6-21-8-22-10)24-16(28)11(20)7-33/h6,8-9,11-13,15,33H,3-5,7,20H2,1-2H3,(H,21,22)(H,23,30)(H,24,28)(H,25,29)(H,26,27)(H,31,32). The number of hydrogen-bond acceptors (Lipinski definition) is 8. The molecule has 0 saturated carbocycles. The van der Waals surface area contributed by atoms with Gasteiger partial charge in [-0.15, -0.1) is 0 Å². The predicted octanol–water partition coefficient (Wildman–Crippen LogP) is -1.73. The summed E-state index contributed by atoms with van der Waals surface area (Å²) in [5.74, 6) is -5.20. The van der Waals surface area contributed by atoms with E-state index in [0.29, 0.717) is 5.69 Å². The van der Waals surface area contributed by atoms with Crippen molar-refractivity contribution in [2.75, 3.05) is 5.75 Å². The summed E-state index contributed by atoms with van der Waals surface area (Å²) in [4.78, 5) is 67.0. The molecular formula is C19H30N6O7S. The number of carboxylic acids is 2. The first kappa shape index (κ1) is 27.9. The number of carbonyl (C=O) groups excluding carboxylic acids is 3. The molecule has 8 N–H and O–H groups in total. The monoisotopic (exact) mass is 486 g/mol. The van der Waals surface area contributed by atoms with Gasteiger partial charge in [-0.2, -0.15) is 12.6 Å². The Bertz CT molecular complexity index is 833. The first-order valence-corrected chi connectivity index (χ1v) is 10.8. The fraction of sp³-hybridized carbons (Fsp3) is 0.579. The number of nitrogens with zero attached hydrogens (tertiary/aromatic N) is 1. The molecule has 0 radical (unpaired) electrons. The molecule has 0 fully saturated rings. The number of H-pyrrole nitrogens is 1. The minimum atomic E-state index is -1.35. The summed E-state index contributed by atoms with van der Waals surface area (Å²) in [5.41, 5.74) is 6.16. The summed E-state index contributed by atoms with van der Waals surface area (Å²) in [6.45, 7) is 3.18. The largest absolute Gasteiger partial charge is 0.481 e. The van der Waals surface area contributed by atoms with Crippen LogP contribution in [0.1, 0.15) is 32.4 Å². The van der Waals surface area contributed by atoms with Gasteiger partial charge in [-0.05, 0) is 12.3 Å². The van der Waals surface area contributed by atoms with Crippen LogP contribution in [0.15, 0.2) is 12.5 Å². The zero-order valence-corrected chi connectivity index (χ0v) is 19.2. The number of amides is 3. The average molecular weight is 487 g/mol. The number of nitrogens with two attached hydrogens (primary N) is 1. The summed E-state index contributed by atoms with van der Waals surface area (Å²) in [7, 11) is 0. The van der Waals surface area contributed by atoms with Crippen LogP contribution in [0.25, 0.3) is 0 Å². The smallest absolute Gasteiger partial charge is 0.326 e. The molecule has 1 rings (SSSR count). The van der Waals surface area contributed by atoms with Crippen molar-refractivity contribution in [2.45, 2.75) is 57.3 Å². The number of carbonyl (C=O) groups is 5. The highest BCUT2D eigenvalue weighted by Crippen LogP contribution is 2.07. The van der Waals surface area contributed by atoms with Gasteiger partial charge in [-0.1, -0.05) is 13.8 Å². The van der Waals surface area contributed by atoms with Crippen LogP contribution >= 0.6 is 12.6 Å². The Morgan fingerprint density at radius 1 is 1.06 bits per heavy atom. The average Bonchev–Trinajstić information content (AvgIpc) is 3.25. The molecule has 0 spiro atoms. The van der Waals surface area contributed by atoms with E-state index in [0.717, 1.165) is 0 Å². The summed E-state index contributed by atoms with van der Waals surface area (Å²) in [6, 6.07) is -4.76. The molecule has 3 amide bonds. The van der Waals surface area contributed by atoms with Gasteiger partial charge in [0.15, 0.2) is 0 Å². The SMILES string of the molecule is CC(C)C(NC(=O)C(CCC(=O)O)NC(=O)C(Cc1cnc[nH]1)NC(=O)C(N)CS)C(=O)O. The fourth-order valence-electron chi connectivity index (χ4n) is 2.76. The molecule has 1 heterocycles. The molecule has 13 nitrogen and oxygen atoms in total. The van der Waals surface area contributed by atoms with Crippen molar-refractivity contribution >= 4 is 42.3 Å². The lowest BCUT2D eigenvalue weighted by atomic mass is 10.0. The van der Waals surface area contributed by atoms with E-state index in [4.69, 9.17) is 10.8 Å². The van der Waals surface area contributed by atoms with Crippen molar-refractivity contribution in [3.05, 3.63) is 18.2 Å². The first-order valence-electron chi connectivity index (χ1n) is 10.2. The maximum absolute atomic E-state index is 13.0. The lowest BCUT2D eigenvalue weighted by molar-refractivity contribution is -0.144. The molecule has 0 aliphatic carbocycles. The first-order chi connectivity index (χ1) is 15.5. The molecule has 14 heteroatoms. The minimum absolute atomic E-state index is 0.0200. The summed E-state index contributed by atoms with van der Waals surface area (Å²) < 4.78 is 0. The number of nitrogens with one attached hydrogen (secondary N) is 4. The van der Waals surface area contributed by atoms with Gasteiger partial charge in [0.1, 0.15) is 18.1 Å². The Morgan fingerprint density at radius 2 is 1.67 bits per heavy atom. The Hall–Kier alpha value is -3.13. The Kier molecular flexibility index (Phi) is 11.4. The molecule has 184 valence electrons. The Balaban J connectivity index is 3.06. The van der Waals surface area contributed by atoms with E-state index in [9.17, 15) is 29.1 Å². The van der Waals surface area contributed by atoms with E-state index in [1.54, 1.807) is 13.8 Å². The van der Waals surface area contributed by atoms with E-state index in [2.05, 4.69) is 38.5 Å². The Morgan fingerprint density at radius 3 is 2.15 bits per heavy atom. The highest BCUT2D eigenvalue weighted by Gasteiger charge is 2.31. The number of aromatic amines is 1. The van der Waals surface area contributed by atoms with Gasteiger partial charge < -0.3 is 36.9 Å². The van der Waals surface area contributed by atoms with Crippen LogP contribution in [0.3, 0.4) is 0 Å². The Labute approximate surface area is 195 Å². The molecule has 0 aromatic carbocycles. The number of aromatic nitrogens is 2. The number of hydrogen-bond donors (Lipinski definition) is 8. The van der Waals surface area contributed by atoms with E-state index in [-0.39, 0.29) is 18.6 Å². The van der Waals surface area contributed by atoms with E-state index in [1.165, 1.54) is 12.5 Å². The maximum atomic E-state index is 13.0. The highest BCUT2D eigenvalue weighted by molar-refractivity contribution is 7.80. The van der Waals surface area contributed by atoms with Gasteiger partial charge in [0, 0.05) is 30.5 Å². The minimum Gasteiger partial charge on any atom is -0.481 e. The predicted molar refractivity (Wildman–Crippen MR) is 119 cm³/mol. The van der Waals surface area contributed by atoms with Crippen LogP contribution in [0.2, 0.25) is 0 Å². The molecule has 0 aliphatic rings. The third-order valence-corrected chi connectivity index (χ3v) is 5.05. The van der Waals surface area contributed by atoms with Gasteiger partial charge in [-0.3, -0.25) is 19.2 Å². The van der Waals surface area contributed by atoms with Gasteiger partial charge in [0.2, 0.25) is 17.7 Å². The molecule has 4 unspecified atom stereocenters. The third-order valence-electron chi connectivity index (χ3n) is 4.66. The van der Waals surface area contributed by atoms with E-state index >= 15 is 0 Å². The molecule has 1 aromatic heterocycles. The zero-order chi connectivity index (χ0) is 25.1. The lowest BCUT2D eigenvalue weighted by Gasteiger charge is -2.25. The molecule has 33 heavy (non-hydrogen) atoms. The normalized spacial score (nSPS) is 14.6. The summed E-state index contributed by atoms with van der Waals surface area (Å²) >= 11 is 3.95. The van der Waals surface area contributed by atoms with Crippen LogP contribution in [0.4, 0.5) is 0 Å². The van der Waals surface area contributed by atoms with Gasteiger partial charge in [0.05, 0.1) is 12.4 Å². The number of rotatable bonds is 14. The number of carboxylic acid groups (broad SMARTS) is 2. The van der Waals surface area contributed by atoms with Crippen molar-refractivity contribution in [1.29, 1.82) is 0 Å². The number of thiol groups is 1.